The van der Waals surface area contributed by atoms with Gasteiger partial charge in [-0.05, 0) is 74.7 Å². The number of carbonyl (C=O) groups is 1. The monoisotopic (exact) mass is 533 g/mol. The summed E-state index contributed by atoms with van der Waals surface area (Å²) in [6.45, 7) is 8.54. The van der Waals surface area contributed by atoms with Crippen molar-refractivity contribution in [2.45, 2.75) is 59.4 Å². The van der Waals surface area contributed by atoms with Crippen molar-refractivity contribution in [2.75, 3.05) is 13.7 Å². The van der Waals surface area contributed by atoms with Crippen molar-refractivity contribution in [3.05, 3.63) is 83.1 Å². The Kier molecular flexibility index (Phi) is 8.99. The third-order valence-electron chi connectivity index (χ3n) is 6.59. The van der Waals surface area contributed by atoms with Crippen LogP contribution < -0.4 is 10.5 Å². The van der Waals surface area contributed by atoms with Crippen molar-refractivity contribution in [3.63, 3.8) is 0 Å². The number of fused-ring (bicyclic) bond motifs is 1. The molecule has 8 heteroatoms. The van der Waals surface area contributed by atoms with Crippen LogP contribution in [0, 0.1) is 12.7 Å². The van der Waals surface area contributed by atoms with Crippen LogP contribution in [0.2, 0.25) is 0 Å². The molecular formula is C31H36FN3O4. The van der Waals surface area contributed by atoms with E-state index in [-0.39, 0.29) is 43.4 Å². The van der Waals surface area contributed by atoms with Gasteiger partial charge in [-0.2, -0.15) is 0 Å². The Hall–Kier alpha value is -3.75. The number of benzene rings is 2. The lowest BCUT2D eigenvalue weighted by atomic mass is 9.98. The van der Waals surface area contributed by atoms with Crippen LogP contribution in [0.5, 0.6) is 5.75 Å². The molecule has 4 aromatic rings. The second-order valence-corrected chi connectivity index (χ2v) is 10.0. The molecule has 206 valence electrons. The summed E-state index contributed by atoms with van der Waals surface area (Å²) in [5.41, 5.74) is 10.7. The number of carbonyl (C=O) groups excluding carboxylic acids is 1. The van der Waals surface area contributed by atoms with Crippen molar-refractivity contribution in [2.24, 2.45) is 5.73 Å². The van der Waals surface area contributed by atoms with E-state index in [4.69, 9.17) is 19.9 Å². The van der Waals surface area contributed by atoms with Crippen molar-refractivity contribution < 1.29 is 23.4 Å². The molecule has 0 spiro atoms. The summed E-state index contributed by atoms with van der Waals surface area (Å²) in [6.07, 6.45) is 3.34. The van der Waals surface area contributed by atoms with Crippen molar-refractivity contribution in [1.29, 1.82) is 0 Å². The first-order valence-corrected chi connectivity index (χ1v) is 13.1. The Bertz CT molecular complexity index is 1460. The summed E-state index contributed by atoms with van der Waals surface area (Å²) >= 11 is 0. The standard InChI is InChI=1S/C31H36FN3O4/c1-19(2)35-11-9-24-26(25-8-10-34-27(16-33)31(25)32)13-22(14-28(24)35)18-38-29-12-20(3)6-7-23(29)15-30(36)39-21(4)17-37-5/h6-14,19,21H,15-18,33H2,1-5H3. The molecule has 2 heterocycles. The summed E-state index contributed by atoms with van der Waals surface area (Å²) in [5.74, 6) is -0.165. The van der Waals surface area contributed by atoms with Gasteiger partial charge in [0, 0.05) is 54.1 Å². The average molecular weight is 534 g/mol. The van der Waals surface area contributed by atoms with Crippen LogP contribution in [0.3, 0.4) is 0 Å². The summed E-state index contributed by atoms with van der Waals surface area (Å²) < 4.78 is 34.3. The van der Waals surface area contributed by atoms with E-state index in [1.54, 1.807) is 26.3 Å². The van der Waals surface area contributed by atoms with E-state index in [1.165, 1.54) is 0 Å². The van der Waals surface area contributed by atoms with Crippen LogP contribution in [-0.2, 0) is 33.8 Å². The van der Waals surface area contributed by atoms with Crippen molar-refractivity contribution in [3.8, 4) is 16.9 Å². The van der Waals surface area contributed by atoms with Gasteiger partial charge in [0.2, 0.25) is 0 Å². The number of esters is 1. The number of aryl methyl sites for hydroxylation is 1. The number of hydrogen-bond acceptors (Lipinski definition) is 6. The molecule has 0 aliphatic heterocycles. The van der Waals surface area contributed by atoms with Gasteiger partial charge in [-0.1, -0.05) is 12.1 Å². The van der Waals surface area contributed by atoms with Gasteiger partial charge in [-0.3, -0.25) is 9.78 Å². The third kappa shape index (κ3) is 6.46. The summed E-state index contributed by atoms with van der Waals surface area (Å²) in [5, 5.41) is 0.935. The second-order valence-electron chi connectivity index (χ2n) is 10.0. The van der Waals surface area contributed by atoms with Gasteiger partial charge in [0.1, 0.15) is 18.5 Å². The molecule has 1 atom stereocenters. The molecule has 4 rings (SSSR count). The Labute approximate surface area is 228 Å². The minimum atomic E-state index is -0.418. The number of aromatic nitrogens is 2. The highest BCUT2D eigenvalue weighted by Gasteiger charge is 2.18. The van der Waals surface area contributed by atoms with Crippen LogP contribution in [-0.4, -0.2) is 35.3 Å². The topological polar surface area (TPSA) is 88.6 Å². The Balaban J connectivity index is 1.68. The lowest BCUT2D eigenvalue weighted by molar-refractivity contribution is -0.149. The van der Waals surface area contributed by atoms with E-state index < -0.39 is 5.82 Å². The molecule has 0 radical (unpaired) electrons. The first-order chi connectivity index (χ1) is 18.7. The van der Waals surface area contributed by atoms with Gasteiger partial charge >= 0.3 is 5.97 Å². The first-order valence-electron chi connectivity index (χ1n) is 13.1. The molecule has 0 bridgehead atoms. The number of rotatable bonds is 11. The number of methoxy groups -OCH3 is 1. The minimum Gasteiger partial charge on any atom is -0.489 e. The Morgan fingerprint density at radius 3 is 2.62 bits per heavy atom. The number of hydrogen-bond donors (Lipinski definition) is 1. The number of ether oxygens (including phenoxy) is 3. The van der Waals surface area contributed by atoms with E-state index in [0.717, 1.165) is 33.2 Å². The molecular weight excluding hydrogens is 497 g/mol. The Morgan fingerprint density at radius 1 is 1.10 bits per heavy atom. The summed E-state index contributed by atoms with van der Waals surface area (Å²) in [4.78, 5) is 16.6. The van der Waals surface area contributed by atoms with Gasteiger partial charge in [0.05, 0.1) is 18.7 Å². The predicted molar refractivity (Wildman–Crippen MR) is 150 cm³/mol. The molecule has 2 aromatic carbocycles. The number of nitrogens with zero attached hydrogens (tertiary/aromatic N) is 2. The summed E-state index contributed by atoms with van der Waals surface area (Å²) in [7, 11) is 1.57. The lowest BCUT2D eigenvalue weighted by Gasteiger charge is -2.16. The molecule has 0 aliphatic rings. The number of halogens is 1. The minimum absolute atomic E-state index is 0.0153. The molecule has 7 nitrogen and oxygen atoms in total. The predicted octanol–water partition coefficient (Wildman–Crippen LogP) is 5.89. The maximum atomic E-state index is 15.4. The van der Waals surface area contributed by atoms with Crippen LogP contribution in [0.25, 0.3) is 22.0 Å². The molecule has 0 saturated heterocycles. The lowest BCUT2D eigenvalue weighted by Crippen LogP contribution is -2.21. The van der Waals surface area contributed by atoms with Gasteiger partial charge in [-0.15, -0.1) is 0 Å². The van der Waals surface area contributed by atoms with Crippen LogP contribution in [0.4, 0.5) is 4.39 Å². The average Bonchev–Trinajstić information content (AvgIpc) is 3.33. The second kappa shape index (κ2) is 12.4. The van der Waals surface area contributed by atoms with Crippen LogP contribution in [0.15, 0.2) is 54.9 Å². The maximum absolute atomic E-state index is 15.4. The van der Waals surface area contributed by atoms with Crippen LogP contribution in [0.1, 0.15) is 49.2 Å². The van der Waals surface area contributed by atoms with E-state index in [2.05, 4.69) is 29.5 Å². The molecule has 0 fully saturated rings. The van der Waals surface area contributed by atoms with Crippen molar-refractivity contribution >= 4 is 16.9 Å². The van der Waals surface area contributed by atoms with E-state index in [9.17, 15) is 4.79 Å². The maximum Gasteiger partial charge on any atom is 0.310 e. The fourth-order valence-electron chi connectivity index (χ4n) is 4.71. The first kappa shape index (κ1) is 28.3. The van der Waals surface area contributed by atoms with Crippen molar-refractivity contribution in [1.82, 2.24) is 9.55 Å². The molecule has 1 unspecified atom stereocenters. The smallest absolute Gasteiger partial charge is 0.310 e. The highest BCUT2D eigenvalue weighted by molar-refractivity contribution is 5.96. The summed E-state index contributed by atoms with van der Waals surface area (Å²) in [6, 6.07) is 13.6. The third-order valence-corrected chi connectivity index (χ3v) is 6.59. The molecule has 0 aliphatic carbocycles. The van der Waals surface area contributed by atoms with Crippen LogP contribution >= 0.6 is 0 Å². The molecule has 39 heavy (non-hydrogen) atoms. The van der Waals surface area contributed by atoms with E-state index in [1.807, 2.05) is 43.5 Å². The van der Waals surface area contributed by atoms with E-state index in [0.29, 0.717) is 17.9 Å². The van der Waals surface area contributed by atoms with Gasteiger partial charge in [0.15, 0.2) is 5.82 Å². The fraction of sp³-hybridized carbons (Fsp3) is 0.355. The zero-order chi connectivity index (χ0) is 28.1. The zero-order valence-electron chi connectivity index (χ0n) is 23.2. The fourth-order valence-corrected chi connectivity index (χ4v) is 4.71. The van der Waals surface area contributed by atoms with E-state index >= 15 is 4.39 Å². The highest BCUT2D eigenvalue weighted by Crippen LogP contribution is 2.35. The quantitative estimate of drug-likeness (QED) is 0.242. The Morgan fingerprint density at radius 2 is 1.90 bits per heavy atom. The molecule has 2 aromatic heterocycles. The normalized spacial score (nSPS) is 12.2. The SMILES string of the molecule is COCC(C)OC(=O)Cc1ccc(C)cc1OCc1cc(-c2ccnc(CN)c2F)c2ccn(C(C)C)c2c1. The zero-order valence-corrected chi connectivity index (χ0v) is 23.2. The molecule has 2 N–H and O–H groups in total. The largest absolute Gasteiger partial charge is 0.489 e. The number of nitrogens with two attached hydrogens (primary N) is 1. The van der Waals surface area contributed by atoms with Gasteiger partial charge in [-0.25, -0.2) is 4.39 Å². The van der Waals surface area contributed by atoms with Gasteiger partial charge in [0.25, 0.3) is 0 Å². The molecule has 0 saturated carbocycles. The van der Waals surface area contributed by atoms with Gasteiger partial charge < -0.3 is 24.5 Å². The highest BCUT2D eigenvalue weighted by atomic mass is 19.1. The molecule has 0 amide bonds. The number of pyridine rings is 1.